The van der Waals surface area contributed by atoms with Crippen molar-refractivity contribution in [1.82, 2.24) is 4.90 Å². The molecule has 1 aliphatic heterocycles. The van der Waals surface area contributed by atoms with E-state index in [0.717, 1.165) is 16.9 Å². The Morgan fingerprint density at radius 1 is 1.40 bits per heavy atom. The molecule has 1 aromatic rings. The van der Waals surface area contributed by atoms with Gasteiger partial charge in [-0.1, -0.05) is 6.07 Å². The molecule has 0 spiro atoms. The van der Waals surface area contributed by atoms with Crippen molar-refractivity contribution in [3.05, 3.63) is 29.3 Å². The molecule has 1 heterocycles. The van der Waals surface area contributed by atoms with Crippen LogP contribution in [0.15, 0.2) is 18.2 Å². The molecule has 0 unspecified atom stereocenters. The fraction of sp³-hybridized carbons (Fsp3) is 0.417. The minimum absolute atomic E-state index is 0.0826. The first-order valence-electron chi connectivity index (χ1n) is 5.13. The zero-order valence-corrected chi connectivity index (χ0v) is 9.28. The molecule has 3 heteroatoms. The summed E-state index contributed by atoms with van der Waals surface area (Å²) < 4.78 is 5.67. The van der Waals surface area contributed by atoms with Gasteiger partial charge in [0.15, 0.2) is 0 Å². The van der Waals surface area contributed by atoms with Crippen molar-refractivity contribution < 1.29 is 9.53 Å². The molecule has 1 amide bonds. The Hall–Kier alpha value is -1.51. The molecule has 0 atom stereocenters. The zero-order valence-electron chi connectivity index (χ0n) is 9.28. The second-order valence-electron chi connectivity index (χ2n) is 4.11. The number of benzene rings is 1. The van der Waals surface area contributed by atoms with Gasteiger partial charge in [0.25, 0.3) is 5.91 Å². The average Bonchev–Trinajstić information content (AvgIpc) is 2.45. The topological polar surface area (TPSA) is 29.5 Å². The van der Waals surface area contributed by atoms with E-state index in [-0.39, 0.29) is 12.0 Å². The van der Waals surface area contributed by atoms with Crippen molar-refractivity contribution in [2.24, 2.45) is 0 Å². The third-order valence-corrected chi connectivity index (χ3v) is 2.47. The molecule has 1 aliphatic rings. The standard InChI is InChI=1S/C12H15NO2/c1-8(2)15-11-6-4-5-9-10(11)7-13(3)12(9)14/h4-6,8H,7H2,1-3H3. The van der Waals surface area contributed by atoms with Gasteiger partial charge in [0.05, 0.1) is 12.6 Å². The number of hydrogen-bond acceptors (Lipinski definition) is 2. The molecule has 15 heavy (non-hydrogen) atoms. The summed E-state index contributed by atoms with van der Waals surface area (Å²) in [6, 6.07) is 5.65. The minimum Gasteiger partial charge on any atom is -0.491 e. The Bertz CT molecular complexity index is 399. The monoisotopic (exact) mass is 205 g/mol. The predicted molar refractivity (Wildman–Crippen MR) is 58.0 cm³/mol. The van der Waals surface area contributed by atoms with Crippen LogP contribution < -0.4 is 4.74 Å². The van der Waals surface area contributed by atoms with E-state index in [2.05, 4.69) is 0 Å². The van der Waals surface area contributed by atoms with Crippen LogP contribution in [0.5, 0.6) is 5.75 Å². The molecule has 2 rings (SSSR count). The molecule has 1 aromatic carbocycles. The van der Waals surface area contributed by atoms with Crippen molar-refractivity contribution in [2.75, 3.05) is 7.05 Å². The largest absolute Gasteiger partial charge is 0.491 e. The quantitative estimate of drug-likeness (QED) is 0.739. The maximum Gasteiger partial charge on any atom is 0.254 e. The second-order valence-corrected chi connectivity index (χ2v) is 4.11. The number of carbonyl (C=O) groups is 1. The Morgan fingerprint density at radius 2 is 2.13 bits per heavy atom. The van der Waals surface area contributed by atoms with Crippen LogP contribution in [0.2, 0.25) is 0 Å². The van der Waals surface area contributed by atoms with E-state index in [1.807, 2.05) is 39.1 Å². The van der Waals surface area contributed by atoms with E-state index in [9.17, 15) is 4.79 Å². The third kappa shape index (κ3) is 1.69. The first-order valence-corrected chi connectivity index (χ1v) is 5.13. The van der Waals surface area contributed by atoms with Crippen molar-refractivity contribution >= 4 is 5.91 Å². The van der Waals surface area contributed by atoms with E-state index in [1.54, 1.807) is 4.90 Å². The van der Waals surface area contributed by atoms with Crippen molar-refractivity contribution in [2.45, 2.75) is 26.5 Å². The lowest BCUT2D eigenvalue weighted by Crippen LogP contribution is -2.17. The molecule has 0 fully saturated rings. The number of fused-ring (bicyclic) bond motifs is 1. The Balaban J connectivity index is 2.40. The van der Waals surface area contributed by atoms with Crippen LogP contribution in [-0.4, -0.2) is 24.0 Å². The maximum absolute atomic E-state index is 11.7. The van der Waals surface area contributed by atoms with Gasteiger partial charge in [0, 0.05) is 18.2 Å². The maximum atomic E-state index is 11.7. The van der Waals surface area contributed by atoms with Crippen molar-refractivity contribution in [3.8, 4) is 5.75 Å². The van der Waals surface area contributed by atoms with Gasteiger partial charge in [-0.2, -0.15) is 0 Å². The average molecular weight is 205 g/mol. The van der Waals surface area contributed by atoms with Crippen LogP contribution in [0.25, 0.3) is 0 Å². The fourth-order valence-corrected chi connectivity index (χ4v) is 1.81. The number of hydrogen-bond donors (Lipinski definition) is 0. The van der Waals surface area contributed by atoms with Gasteiger partial charge in [-0.3, -0.25) is 4.79 Å². The normalized spacial score (nSPS) is 14.7. The van der Waals surface area contributed by atoms with Gasteiger partial charge in [0.2, 0.25) is 0 Å². The van der Waals surface area contributed by atoms with Gasteiger partial charge in [-0.25, -0.2) is 0 Å². The number of rotatable bonds is 2. The molecule has 0 radical (unpaired) electrons. The summed E-state index contributed by atoms with van der Waals surface area (Å²) in [7, 11) is 1.81. The van der Waals surface area contributed by atoms with E-state index in [4.69, 9.17) is 4.74 Å². The van der Waals surface area contributed by atoms with Gasteiger partial charge in [-0.15, -0.1) is 0 Å². The molecular formula is C12H15NO2. The van der Waals surface area contributed by atoms with Crippen LogP contribution in [0.3, 0.4) is 0 Å². The lowest BCUT2D eigenvalue weighted by molar-refractivity contribution is 0.0816. The molecule has 0 aromatic heterocycles. The lowest BCUT2D eigenvalue weighted by Gasteiger charge is -2.12. The first-order chi connectivity index (χ1) is 7.09. The summed E-state index contributed by atoms with van der Waals surface area (Å²) >= 11 is 0. The smallest absolute Gasteiger partial charge is 0.254 e. The zero-order chi connectivity index (χ0) is 11.0. The Labute approximate surface area is 89.7 Å². The lowest BCUT2D eigenvalue weighted by atomic mass is 10.1. The SMILES string of the molecule is CC(C)Oc1cccc2c1CN(C)C2=O. The first kappa shape index (κ1) is 10.0. The summed E-state index contributed by atoms with van der Waals surface area (Å²) in [6.07, 6.45) is 0.137. The predicted octanol–water partition coefficient (Wildman–Crippen LogP) is 2.06. The van der Waals surface area contributed by atoms with E-state index in [1.165, 1.54) is 0 Å². The van der Waals surface area contributed by atoms with Crippen LogP contribution >= 0.6 is 0 Å². The molecule has 0 aliphatic carbocycles. The summed E-state index contributed by atoms with van der Waals surface area (Å²) in [4.78, 5) is 13.4. The molecule has 0 bridgehead atoms. The van der Waals surface area contributed by atoms with Crippen LogP contribution in [-0.2, 0) is 6.54 Å². The summed E-state index contributed by atoms with van der Waals surface area (Å²) in [6.45, 7) is 4.62. The van der Waals surface area contributed by atoms with E-state index < -0.39 is 0 Å². The highest BCUT2D eigenvalue weighted by Gasteiger charge is 2.27. The molecule has 0 saturated heterocycles. The van der Waals surface area contributed by atoms with Gasteiger partial charge in [0.1, 0.15) is 5.75 Å². The summed E-state index contributed by atoms with van der Waals surface area (Å²) in [5, 5.41) is 0. The van der Waals surface area contributed by atoms with Gasteiger partial charge < -0.3 is 9.64 Å². The summed E-state index contributed by atoms with van der Waals surface area (Å²) in [5.41, 5.74) is 1.79. The Morgan fingerprint density at radius 3 is 2.80 bits per heavy atom. The number of nitrogens with zero attached hydrogens (tertiary/aromatic N) is 1. The molecule has 3 nitrogen and oxygen atoms in total. The van der Waals surface area contributed by atoms with Crippen molar-refractivity contribution in [1.29, 1.82) is 0 Å². The highest BCUT2D eigenvalue weighted by molar-refractivity contribution is 5.98. The molecular weight excluding hydrogens is 190 g/mol. The van der Waals surface area contributed by atoms with Crippen molar-refractivity contribution in [3.63, 3.8) is 0 Å². The number of amides is 1. The highest BCUT2D eigenvalue weighted by Crippen LogP contribution is 2.30. The molecule has 80 valence electrons. The van der Waals surface area contributed by atoms with Crippen LogP contribution in [0.4, 0.5) is 0 Å². The third-order valence-electron chi connectivity index (χ3n) is 2.47. The van der Waals surface area contributed by atoms with Crippen LogP contribution in [0, 0.1) is 0 Å². The fourth-order valence-electron chi connectivity index (χ4n) is 1.81. The highest BCUT2D eigenvalue weighted by atomic mass is 16.5. The van der Waals surface area contributed by atoms with E-state index >= 15 is 0 Å². The van der Waals surface area contributed by atoms with Crippen LogP contribution in [0.1, 0.15) is 29.8 Å². The minimum atomic E-state index is 0.0826. The van der Waals surface area contributed by atoms with Gasteiger partial charge in [-0.05, 0) is 26.0 Å². The summed E-state index contributed by atoms with van der Waals surface area (Å²) in [5.74, 6) is 0.916. The molecule has 0 N–H and O–H groups in total. The Kier molecular flexibility index (Phi) is 2.39. The molecule has 0 saturated carbocycles. The second kappa shape index (κ2) is 3.57. The number of carbonyl (C=O) groups excluding carboxylic acids is 1. The van der Waals surface area contributed by atoms with E-state index in [0.29, 0.717) is 6.54 Å². The number of ether oxygens (including phenoxy) is 1. The van der Waals surface area contributed by atoms with Gasteiger partial charge >= 0.3 is 0 Å².